The van der Waals surface area contributed by atoms with Gasteiger partial charge < -0.3 is 0 Å². The van der Waals surface area contributed by atoms with Crippen molar-refractivity contribution in [1.29, 1.82) is 5.26 Å². The number of hydrogen-bond acceptors (Lipinski definition) is 1. The highest BCUT2D eigenvalue weighted by atomic mass is 19.1. The molecule has 0 saturated carbocycles. The van der Waals surface area contributed by atoms with Crippen LogP contribution in [-0.2, 0) is 6.42 Å². The largest absolute Gasteiger partial charge is 0.207 e. The number of nitrogens with zero attached hydrogens (tertiary/aromatic N) is 1. The normalized spacial score (nSPS) is 9.09. The maximum Gasteiger partial charge on any atom is 0.126 e. The Morgan fingerprint density at radius 2 is 2.27 bits per heavy atom. The first-order valence-corrected chi connectivity index (χ1v) is 3.15. The van der Waals surface area contributed by atoms with Gasteiger partial charge in [0.05, 0.1) is 12.5 Å². The summed E-state index contributed by atoms with van der Waals surface area (Å²) in [6.45, 7) is 0. The highest BCUT2D eigenvalue weighted by Gasteiger charge is 1.99. The van der Waals surface area contributed by atoms with Crippen LogP contribution in [0.2, 0.25) is 0 Å². The predicted molar refractivity (Wildman–Crippen MR) is 41.1 cm³/mol. The Morgan fingerprint density at radius 1 is 1.55 bits per heavy atom. The lowest BCUT2D eigenvalue weighted by Crippen LogP contribution is -2.03. The Bertz CT molecular complexity index is 303. The molecule has 3 heteroatoms. The maximum atomic E-state index is 12.8. The van der Waals surface area contributed by atoms with Crippen molar-refractivity contribution in [3.05, 3.63) is 29.6 Å². The van der Waals surface area contributed by atoms with Crippen LogP contribution in [0.4, 0.5) is 4.39 Å². The first-order chi connectivity index (χ1) is 5.24. The lowest BCUT2D eigenvalue weighted by Gasteiger charge is -1.97. The van der Waals surface area contributed by atoms with Gasteiger partial charge >= 0.3 is 0 Å². The second-order valence-electron chi connectivity index (χ2n) is 2.19. The molecule has 0 aliphatic carbocycles. The SMILES string of the molecule is [B]c1ccc(CC#N)c(F)c1. The second-order valence-corrected chi connectivity index (χ2v) is 2.19. The van der Waals surface area contributed by atoms with Crippen molar-refractivity contribution in [2.24, 2.45) is 0 Å². The summed E-state index contributed by atoms with van der Waals surface area (Å²) in [5.41, 5.74) is 0.769. The van der Waals surface area contributed by atoms with Crippen LogP contribution in [0.3, 0.4) is 0 Å². The monoisotopic (exact) mass is 145 g/mol. The molecule has 0 atom stereocenters. The van der Waals surface area contributed by atoms with E-state index in [4.69, 9.17) is 13.1 Å². The highest BCUT2D eigenvalue weighted by Crippen LogP contribution is 2.04. The molecule has 0 bridgehead atoms. The second kappa shape index (κ2) is 3.20. The van der Waals surface area contributed by atoms with E-state index in [2.05, 4.69) is 0 Å². The quantitative estimate of drug-likeness (QED) is 0.533. The summed E-state index contributed by atoms with van der Waals surface area (Å²) in [6.07, 6.45) is 0.0894. The number of benzene rings is 1. The predicted octanol–water partition coefficient (Wildman–Crippen LogP) is 0.686. The van der Waals surface area contributed by atoms with E-state index in [0.717, 1.165) is 0 Å². The zero-order valence-electron chi connectivity index (χ0n) is 5.84. The van der Waals surface area contributed by atoms with E-state index >= 15 is 0 Å². The van der Waals surface area contributed by atoms with Gasteiger partial charge in [-0.1, -0.05) is 17.6 Å². The van der Waals surface area contributed by atoms with Gasteiger partial charge in [0.25, 0.3) is 0 Å². The fraction of sp³-hybridized carbons (Fsp3) is 0.125. The molecule has 1 aromatic rings. The van der Waals surface area contributed by atoms with E-state index in [9.17, 15) is 4.39 Å². The average molecular weight is 145 g/mol. The van der Waals surface area contributed by atoms with Gasteiger partial charge in [0.1, 0.15) is 13.7 Å². The van der Waals surface area contributed by atoms with E-state index in [-0.39, 0.29) is 6.42 Å². The molecule has 0 heterocycles. The van der Waals surface area contributed by atoms with E-state index in [1.165, 1.54) is 12.1 Å². The van der Waals surface area contributed by atoms with Crippen molar-refractivity contribution < 1.29 is 4.39 Å². The maximum absolute atomic E-state index is 12.8. The van der Waals surface area contributed by atoms with Crippen molar-refractivity contribution in [3.63, 3.8) is 0 Å². The molecule has 1 rings (SSSR count). The Morgan fingerprint density at radius 3 is 2.82 bits per heavy atom. The molecule has 52 valence electrons. The minimum absolute atomic E-state index is 0.0894. The van der Waals surface area contributed by atoms with Gasteiger partial charge in [-0.25, -0.2) is 4.39 Å². The van der Waals surface area contributed by atoms with Crippen molar-refractivity contribution in [2.45, 2.75) is 6.42 Å². The summed E-state index contributed by atoms with van der Waals surface area (Å²) in [5, 5.41) is 8.27. The van der Waals surface area contributed by atoms with E-state index in [0.29, 0.717) is 11.0 Å². The number of rotatable bonds is 1. The molecule has 0 fully saturated rings. The van der Waals surface area contributed by atoms with E-state index in [1.54, 1.807) is 6.07 Å². The Hall–Kier alpha value is -1.30. The first kappa shape index (κ1) is 7.81. The van der Waals surface area contributed by atoms with Crippen molar-refractivity contribution in [3.8, 4) is 6.07 Å². The molecule has 1 nitrogen and oxygen atoms in total. The molecule has 0 aromatic heterocycles. The Balaban J connectivity index is 3.01. The standard InChI is InChI=1S/C8H5BFN/c9-7-2-1-6(3-4-11)8(10)5-7/h1-2,5H,3H2. The minimum atomic E-state index is -0.411. The van der Waals surface area contributed by atoms with Crippen molar-refractivity contribution in [2.75, 3.05) is 0 Å². The van der Waals surface area contributed by atoms with Gasteiger partial charge in [0.15, 0.2) is 0 Å². The van der Waals surface area contributed by atoms with E-state index in [1.807, 2.05) is 6.07 Å². The average Bonchev–Trinajstić information content (AvgIpc) is 1.95. The molecule has 0 aliphatic heterocycles. The molecule has 0 N–H and O–H groups in total. The number of hydrogen-bond donors (Lipinski definition) is 0. The smallest absolute Gasteiger partial charge is 0.126 e. The molecule has 0 saturated heterocycles. The van der Waals surface area contributed by atoms with Crippen LogP contribution < -0.4 is 5.46 Å². The summed E-state index contributed by atoms with van der Waals surface area (Å²) >= 11 is 0. The molecule has 0 amide bonds. The van der Waals surface area contributed by atoms with Crippen LogP contribution in [0.25, 0.3) is 0 Å². The molecule has 11 heavy (non-hydrogen) atoms. The number of halogens is 1. The lowest BCUT2D eigenvalue weighted by atomic mass is 9.94. The van der Waals surface area contributed by atoms with Crippen LogP contribution in [0, 0.1) is 17.1 Å². The van der Waals surface area contributed by atoms with Gasteiger partial charge in [-0.3, -0.25) is 0 Å². The highest BCUT2D eigenvalue weighted by molar-refractivity contribution is 6.32. The third kappa shape index (κ3) is 1.81. The van der Waals surface area contributed by atoms with Crippen LogP contribution >= 0.6 is 0 Å². The van der Waals surface area contributed by atoms with Crippen LogP contribution in [0.15, 0.2) is 18.2 Å². The van der Waals surface area contributed by atoms with Gasteiger partial charge in [-0.05, 0) is 6.07 Å². The van der Waals surface area contributed by atoms with Crippen LogP contribution in [0.5, 0.6) is 0 Å². The lowest BCUT2D eigenvalue weighted by molar-refractivity contribution is 0.616. The fourth-order valence-electron chi connectivity index (χ4n) is 0.792. The Labute approximate surface area is 65.9 Å². The number of nitriles is 1. The molecular weight excluding hydrogens is 140 g/mol. The summed E-state index contributed by atoms with van der Waals surface area (Å²) in [7, 11) is 5.30. The molecule has 2 radical (unpaired) electrons. The molecule has 0 unspecified atom stereocenters. The van der Waals surface area contributed by atoms with Crippen molar-refractivity contribution >= 4 is 13.3 Å². The van der Waals surface area contributed by atoms with Crippen LogP contribution in [-0.4, -0.2) is 7.85 Å². The molecule has 0 spiro atoms. The minimum Gasteiger partial charge on any atom is -0.207 e. The summed E-state index contributed by atoms with van der Waals surface area (Å²) in [5.74, 6) is -0.411. The summed E-state index contributed by atoms with van der Waals surface area (Å²) in [6, 6.07) is 6.18. The van der Waals surface area contributed by atoms with Gasteiger partial charge in [-0.2, -0.15) is 5.26 Å². The topological polar surface area (TPSA) is 23.8 Å². The fourth-order valence-corrected chi connectivity index (χ4v) is 0.792. The van der Waals surface area contributed by atoms with Gasteiger partial charge in [0, 0.05) is 5.56 Å². The molecular formula is C8H5BFN. The molecule has 1 aromatic carbocycles. The third-order valence-electron chi connectivity index (χ3n) is 1.35. The third-order valence-corrected chi connectivity index (χ3v) is 1.35. The zero-order chi connectivity index (χ0) is 8.27. The van der Waals surface area contributed by atoms with E-state index < -0.39 is 5.82 Å². The first-order valence-electron chi connectivity index (χ1n) is 3.15. The van der Waals surface area contributed by atoms with Crippen LogP contribution in [0.1, 0.15) is 5.56 Å². The summed E-state index contributed by atoms with van der Waals surface area (Å²) < 4.78 is 12.8. The Kier molecular flexibility index (Phi) is 2.27. The van der Waals surface area contributed by atoms with Crippen molar-refractivity contribution in [1.82, 2.24) is 0 Å². The molecule has 0 aliphatic rings. The zero-order valence-corrected chi connectivity index (χ0v) is 5.84. The van der Waals surface area contributed by atoms with Gasteiger partial charge in [0.2, 0.25) is 0 Å². The summed E-state index contributed by atoms with van der Waals surface area (Å²) in [4.78, 5) is 0. The van der Waals surface area contributed by atoms with Gasteiger partial charge in [-0.15, -0.1) is 0 Å².